The summed E-state index contributed by atoms with van der Waals surface area (Å²) in [5, 5.41) is 3.37. The number of nitrogens with one attached hydrogen (secondary N) is 1. The molecule has 1 N–H and O–H groups in total. The molecule has 4 amide bonds. The van der Waals surface area contributed by atoms with Crippen LogP contribution >= 0.6 is 11.6 Å². The third-order valence-corrected chi connectivity index (χ3v) is 4.97. The van der Waals surface area contributed by atoms with E-state index in [0.29, 0.717) is 0 Å². The number of para-hydroxylation sites is 2. The Hall–Kier alpha value is -3.38. The number of rotatable bonds is 3. The molecule has 0 radical (unpaired) electrons. The normalized spacial score (nSPS) is 16.1. The third-order valence-electron chi connectivity index (χ3n) is 4.65. The molecule has 0 atom stereocenters. The highest BCUT2D eigenvalue weighted by molar-refractivity contribution is 6.42. The Morgan fingerprint density at radius 2 is 1.75 bits per heavy atom. The van der Waals surface area contributed by atoms with E-state index in [1.54, 1.807) is 24.3 Å². The highest BCUT2D eigenvalue weighted by Gasteiger charge is 2.37. The summed E-state index contributed by atoms with van der Waals surface area (Å²) in [4.78, 5) is 38.6. The molecule has 0 aliphatic carbocycles. The number of aromatic nitrogens is 1. The molecule has 3 aromatic rings. The first-order valence-corrected chi connectivity index (χ1v) is 9.13. The molecule has 6 nitrogen and oxygen atoms in total. The third kappa shape index (κ3) is 2.88. The van der Waals surface area contributed by atoms with Crippen molar-refractivity contribution in [3.8, 4) is 0 Å². The summed E-state index contributed by atoms with van der Waals surface area (Å²) in [6, 6.07) is 13.4. The molecule has 0 saturated carbocycles. The van der Waals surface area contributed by atoms with E-state index >= 15 is 0 Å². The van der Waals surface area contributed by atoms with Gasteiger partial charge in [-0.05, 0) is 31.2 Å². The number of benzene rings is 2. The van der Waals surface area contributed by atoms with Crippen molar-refractivity contribution in [2.75, 3.05) is 4.90 Å². The van der Waals surface area contributed by atoms with E-state index < -0.39 is 17.8 Å². The molecule has 28 heavy (non-hydrogen) atoms. The zero-order valence-corrected chi connectivity index (χ0v) is 15.7. The van der Waals surface area contributed by atoms with Crippen LogP contribution in [0.15, 0.2) is 60.3 Å². The number of halogens is 1. The first-order valence-electron chi connectivity index (χ1n) is 8.75. The van der Waals surface area contributed by atoms with Crippen molar-refractivity contribution in [1.82, 2.24) is 9.88 Å². The van der Waals surface area contributed by atoms with Gasteiger partial charge in [0.1, 0.15) is 5.57 Å². The van der Waals surface area contributed by atoms with Crippen molar-refractivity contribution in [2.24, 2.45) is 0 Å². The predicted molar refractivity (Wildman–Crippen MR) is 108 cm³/mol. The van der Waals surface area contributed by atoms with Crippen LogP contribution < -0.4 is 10.2 Å². The van der Waals surface area contributed by atoms with Gasteiger partial charge in [-0.3, -0.25) is 14.9 Å². The van der Waals surface area contributed by atoms with Gasteiger partial charge in [-0.1, -0.05) is 41.9 Å². The lowest BCUT2D eigenvalue weighted by Crippen LogP contribution is -2.54. The molecule has 0 spiro atoms. The minimum Gasteiger partial charge on any atom is -0.347 e. The lowest BCUT2D eigenvalue weighted by molar-refractivity contribution is -0.122. The van der Waals surface area contributed by atoms with Crippen LogP contribution in [0.25, 0.3) is 17.0 Å². The zero-order chi connectivity index (χ0) is 19.8. The molecule has 4 rings (SSSR count). The highest BCUT2D eigenvalue weighted by Crippen LogP contribution is 2.30. The van der Waals surface area contributed by atoms with Gasteiger partial charge in [0.05, 0.1) is 10.7 Å². The van der Waals surface area contributed by atoms with Gasteiger partial charge < -0.3 is 4.57 Å². The van der Waals surface area contributed by atoms with E-state index in [9.17, 15) is 14.4 Å². The Bertz CT molecular complexity index is 1160. The summed E-state index contributed by atoms with van der Waals surface area (Å²) in [7, 11) is 0. The van der Waals surface area contributed by atoms with E-state index in [0.717, 1.165) is 27.9 Å². The molecular formula is C21H16ClN3O3. The summed E-state index contributed by atoms with van der Waals surface area (Å²) in [6.07, 6.45) is 3.40. The van der Waals surface area contributed by atoms with Gasteiger partial charge in [-0.2, -0.15) is 0 Å². The largest absolute Gasteiger partial charge is 0.347 e. The maximum Gasteiger partial charge on any atom is 0.335 e. The van der Waals surface area contributed by atoms with Crippen LogP contribution in [0, 0.1) is 0 Å². The van der Waals surface area contributed by atoms with E-state index in [1.165, 1.54) is 6.08 Å². The second-order valence-corrected chi connectivity index (χ2v) is 6.70. The number of imide groups is 2. The fourth-order valence-corrected chi connectivity index (χ4v) is 3.54. The monoisotopic (exact) mass is 393 g/mol. The van der Waals surface area contributed by atoms with Crippen LogP contribution in [-0.4, -0.2) is 22.4 Å². The molecule has 7 heteroatoms. The minimum absolute atomic E-state index is 0.126. The first-order chi connectivity index (χ1) is 13.5. The zero-order valence-electron chi connectivity index (χ0n) is 15.0. The maximum absolute atomic E-state index is 13.0. The molecular weight excluding hydrogens is 378 g/mol. The molecule has 140 valence electrons. The number of amides is 4. The number of hydrogen-bond donors (Lipinski definition) is 1. The number of nitrogens with zero attached hydrogens (tertiary/aromatic N) is 2. The number of carbonyl (C=O) groups excluding carboxylic acids is 3. The average Bonchev–Trinajstić information content (AvgIpc) is 3.04. The SMILES string of the molecule is CCn1cc(/C=C2\C(=O)NC(=O)N(c3ccccc3Cl)C2=O)c2ccccc21. The van der Waals surface area contributed by atoms with Crippen molar-refractivity contribution >= 4 is 52.1 Å². The Kier molecular flexibility index (Phi) is 4.49. The summed E-state index contributed by atoms with van der Waals surface area (Å²) < 4.78 is 2.03. The maximum atomic E-state index is 13.0. The predicted octanol–water partition coefficient (Wildman–Crippen LogP) is 3.98. The topological polar surface area (TPSA) is 71.4 Å². The lowest BCUT2D eigenvalue weighted by atomic mass is 10.1. The number of urea groups is 1. The first kappa shape index (κ1) is 18.0. The van der Waals surface area contributed by atoms with Gasteiger partial charge in [0, 0.05) is 29.2 Å². The Balaban J connectivity index is 1.83. The Morgan fingerprint density at radius 3 is 2.50 bits per heavy atom. The number of hydrogen-bond acceptors (Lipinski definition) is 3. The molecule has 1 saturated heterocycles. The number of anilines is 1. The average molecular weight is 394 g/mol. The smallest absolute Gasteiger partial charge is 0.335 e. The number of carbonyl (C=O) groups is 3. The van der Waals surface area contributed by atoms with Crippen LogP contribution in [0.1, 0.15) is 12.5 Å². The van der Waals surface area contributed by atoms with Gasteiger partial charge in [-0.15, -0.1) is 0 Å². The Labute approximate surface area is 166 Å². The molecule has 1 aromatic heterocycles. The molecule has 2 heterocycles. The fourth-order valence-electron chi connectivity index (χ4n) is 3.32. The second kappa shape index (κ2) is 6.98. The number of fused-ring (bicyclic) bond motifs is 1. The summed E-state index contributed by atoms with van der Waals surface area (Å²) in [5.74, 6) is -1.44. The molecule has 1 fully saturated rings. The van der Waals surface area contributed by atoms with Gasteiger partial charge in [-0.25, -0.2) is 9.69 Å². The van der Waals surface area contributed by atoms with Crippen molar-refractivity contribution in [2.45, 2.75) is 13.5 Å². The van der Waals surface area contributed by atoms with Crippen LogP contribution in [0.4, 0.5) is 10.5 Å². The van der Waals surface area contributed by atoms with Crippen molar-refractivity contribution in [3.05, 3.63) is 70.9 Å². The number of aryl methyl sites for hydroxylation is 1. The standard InChI is InChI=1S/C21H16ClN3O3/c1-2-24-12-13(14-7-3-5-9-17(14)24)11-15-19(26)23-21(28)25(20(15)27)18-10-6-4-8-16(18)22/h3-12H,2H2,1H3,(H,23,26,28)/b15-11+. The fraction of sp³-hybridized carbons (Fsp3) is 0.0952. The van der Waals surface area contributed by atoms with E-state index in [2.05, 4.69) is 5.32 Å². The number of barbiturate groups is 1. The van der Waals surface area contributed by atoms with Crippen LogP contribution in [0.2, 0.25) is 5.02 Å². The molecule has 1 aliphatic rings. The lowest BCUT2D eigenvalue weighted by Gasteiger charge is -2.26. The van der Waals surface area contributed by atoms with Crippen LogP contribution in [0.3, 0.4) is 0 Å². The van der Waals surface area contributed by atoms with Gasteiger partial charge in [0.15, 0.2) is 0 Å². The van der Waals surface area contributed by atoms with E-state index in [1.807, 2.05) is 42.0 Å². The van der Waals surface area contributed by atoms with Crippen molar-refractivity contribution in [3.63, 3.8) is 0 Å². The van der Waals surface area contributed by atoms with E-state index in [-0.39, 0.29) is 16.3 Å². The van der Waals surface area contributed by atoms with Gasteiger partial charge >= 0.3 is 6.03 Å². The molecule has 2 aromatic carbocycles. The van der Waals surface area contributed by atoms with Gasteiger partial charge in [0.2, 0.25) is 0 Å². The van der Waals surface area contributed by atoms with Crippen LogP contribution in [0.5, 0.6) is 0 Å². The van der Waals surface area contributed by atoms with E-state index in [4.69, 9.17) is 11.6 Å². The molecule has 0 unspecified atom stereocenters. The second-order valence-electron chi connectivity index (χ2n) is 6.30. The summed E-state index contributed by atoms with van der Waals surface area (Å²) in [6.45, 7) is 2.76. The molecule has 0 bridgehead atoms. The summed E-state index contributed by atoms with van der Waals surface area (Å²) >= 11 is 6.15. The Morgan fingerprint density at radius 1 is 1.04 bits per heavy atom. The van der Waals surface area contributed by atoms with Gasteiger partial charge in [0.25, 0.3) is 11.8 Å². The minimum atomic E-state index is -0.823. The highest BCUT2D eigenvalue weighted by atomic mass is 35.5. The molecule has 1 aliphatic heterocycles. The quantitative estimate of drug-likeness (QED) is 0.540. The van der Waals surface area contributed by atoms with Crippen molar-refractivity contribution < 1.29 is 14.4 Å². The van der Waals surface area contributed by atoms with Crippen LogP contribution in [-0.2, 0) is 16.1 Å². The van der Waals surface area contributed by atoms with Crippen molar-refractivity contribution in [1.29, 1.82) is 0 Å². The summed E-state index contributed by atoms with van der Waals surface area (Å²) in [5.41, 5.74) is 1.82.